The molecule has 1 amide bonds. The van der Waals surface area contributed by atoms with E-state index in [-0.39, 0.29) is 11.7 Å². The van der Waals surface area contributed by atoms with Gasteiger partial charge in [-0.25, -0.2) is 9.97 Å². The standard InChI is InChI=1S/C16H17N5O2S/c1-9-17-15-12(10-3-2-4-11(10)24-15)14-18-13(19-21(9)14)16(22)20-5-7-23-8-6-20/h2-8H2,1H3. The van der Waals surface area contributed by atoms with Gasteiger partial charge >= 0.3 is 0 Å². The van der Waals surface area contributed by atoms with Crippen LogP contribution in [0.15, 0.2) is 0 Å². The van der Waals surface area contributed by atoms with E-state index in [0.29, 0.717) is 26.3 Å². The lowest BCUT2D eigenvalue weighted by molar-refractivity contribution is 0.0295. The van der Waals surface area contributed by atoms with E-state index in [2.05, 4.69) is 15.1 Å². The van der Waals surface area contributed by atoms with Gasteiger partial charge in [-0.15, -0.1) is 16.4 Å². The molecule has 5 rings (SSSR count). The molecule has 124 valence electrons. The van der Waals surface area contributed by atoms with Crippen LogP contribution in [-0.2, 0) is 17.6 Å². The Labute approximate surface area is 142 Å². The lowest BCUT2D eigenvalue weighted by atomic mass is 10.2. The minimum Gasteiger partial charge on any atom is -0.378 e. The number of aromatic nitrogens is 4. The second-order valence-electron chi connectivity index (χ2n) is 6.27. The number of thiophene rings is 1. The van der Waals surface area contributed by atoms with Gasteiger partial charge in [0.2, 0.25) is 5.82 Å². The van der Waals surface area contributed by atoms with Gasteiger partial charge in [0.05, 0.1) is 18.6 Å². The third kappa shape index (κ3) is 1.99. The highest BCUT2D eigenvalue weighted by Crippen LogP contribution is 2.38. The molecule has 1 saturated heterocycles. The lowest BCUT2D eigenvalue weighted by Crippen LogP contribution is -2.41. The van der Waals surface area contributed by atoms with Crippen LogP contribution in [0.25, 0.3) is 15.9 Å². The van der Waals surface area contributed by atoms with E-state index in [9.17, 15) is 4.79 Å². The molecule has 0 atom stereocenters. The molecule has 3 aromatic rings. The summed E-state index contributed by atoms with van der Waals surface area (Å²) in [4.78, 5) is 26.2. The molecule has 0 spiro atoms. The summed E-state index contributed by atoms with van der Waals surface area (Å²) in [6.07, 6.45) is 3.37. The summed E-state index contributed by atoms with van der Waals surface area (Å²) in [5, 5.41) is 5.55. The summed E-state index contributed by atoms with van der Waals surface area (Å²) in [5.74, 6) is 0.902. The molecule has 7 nitrogen and oxygen atoms in total. The molecule has 24 heavy (non-hydrogen) atoms. The molecular formula is C16H17N5O2S. The number of aryl methyl sites for hydroxylation is 3. The number of nitrogens with zero attached hydrogens (tertiary/aromatic N) is 5. The Bertz CT molecular complexity index is 970. The van der Waals surface area contributed by atoms with Crippen LogP contribution >= 0.6 is 11.3 Å². The zero-order chi connectivity index (χ0) is 16.3. The van der Waals surface area contributed by atoms with Gasteiger partial charge in [0.1, 0.15) is 10.7 Å². The maximum atomic E-state index is 12.7. The Morgan fingerprint density at radius 2 is 2.04 bits per heavy atom. The zero-order valence-corrected chi connectivity index (χ0v) is 14.2. The van der Waals surface area contributed by atoms with Gasteiger partial charge < -0.3 is 9.64 Å². The smallest absolute Gasteiger partial charge is 0.293 e. The van der Waals surface area contributed by atoms with Crippen molar-refractivity contribution < 1.29 is 9.53 Å². The molecule has 0 unspecified atom stereocenters. The number of fused-ring (bicyclic) bond motifs is 5. The van der Waals surface area contributed by atoms with Gasteiger partial charge in [-0.05, 0) is 31.7 Å². The SMILES string of the molecule is Cc1nc2sc3c(c2c2nc(C(=O)N4CCOCC4)nn12)CCC3. The van der Waals surface area contributed by atoms with Crippen LogP contribution in [0.5, 0.6) is 0 Å². The quantitative estimate of drug-likeness (QED) is 0.671. The van der Waals surface area contributed by atoms with Crippen molar-refractivity contribution in [3.05, 3.63) is 22.1 Å². The normalized spacial score (nSPS) is 17.8. The van der Waals surface area contributed by atoms with Crippen molar-refractivity contribution in [2.24, 2.45) is 0 Å². The molecule has 4 heterocycles. The molecule has 1 fully saturated rings. The van der Waals surface area contributed by atoms with Crippen molar-refractivity contribution in [3.63, 3.8) is 0 Å². The van der Waals surface area contributed by atoms with E-state index < -0.39 is 0 Å². The van der Waals surface area contributed by atoms with Gasteiger partial charge in [-0.3, -0.25) is 4.79 Å². The molecule has 0 bridgehead atoms. The van der Waals surface area contributed by atoms with Gasteiger partial charge in [0.25, 0.3) is 5.91 Å². The number of carbonyl (C=O) groups excluding carboxylic acids is 1. The van der Waals surface area contributed by atoms with Crippen LogP contribution < -0.4 is 0 Å². The molecule has 8 heteroatoms. The van der Waals surface area contributed by atoms with E-state index in [0.717, 1.165) is 34.5 Å². The molecule has 1 aliphatic heterocycles. The summed E-state index contributed by atoms with van der Waals surface area (Å²) in [6.45, 7) is 4.24. The molecular weight excluding hydrogens is 326 g/mol. The number of hydrogen-bond acceptors (Lipinski definition) is 6. The number of ether oxygens (including phenoxy) is 1. The zero-order valence-electron chi connectivity index (χ0n) is 13.4. The van der Waals surface area contributed by atoms with Gasteiger partial charge in [-0.1, -0.05) is 0 Å². The largest absolute Gasteiger partial charge is 0.378 e. The molecule has 1 aliphatic carbocycles. The van der Waals surface area contributed by atoms with E-state index in [1.807, 2.05) is 6.92 Å². The minimum absolute atomic E-state index is 0.124. The highest BCUT2D eigenvalue weighted by atomic mass is 32.1. The van der Waals surface area contributed by atoms with E-state index in [4.69, 9.17) is 4.74 Å². The summed E-state index contributed by atoms with van der Waals surface area (Å²) in [7, 11) is 0. The highest BCUT2D eigenvalue weighted by molar-refractivity contribution is 7.19. The molecule has 0 aromatic carbocycles. The fourth-order valence-electron chi connectivity index (χ4n) is 3.59. The third-order valence-corrected chi connectivity index (χ3v) is 5.98. The predicted octanol–water partition coefficient (Wildman–Crippen LogP) is 1.61. The first-order valence-corrected chi connectivity index (χ1v) is 9.08. The molecule has 0 N–H and O–H groups in total. The summed E-state index contributed by atoms with van der Waals surface area (Å²) in [6, 6.07) is 0. The molecule has 3 aromatic heterocycles. The maximum Gasteiger partial charge on any atom is 0.293 e. The van der Waals surface area contributed by atoms with Crippen LogP contribution in [0, 0.1) is 6.92 Å². The van der Waals surface area contributed by atoms with Crippen molar-refractivity contribution in [2.75, 3.05) is 26.3 Å². The fourth-order valence-corrected chi connectivity index (χ4v) is 4.89. The van der Waals surface area contributed by atoms with Crippen molar-refractivity contribution in [1.82, 2.24) is 24.5 Å². The van der Waals surface area contributed by atoms with Gasteiger partial charge in [-0.2, -0.15) is 4.52 Å². The Morgan fingerprint density at radius 3 is 2.88 bits per heavy atom. The Morgan fingerprint density at radius 1 is 1.21 bits per heavy atom. The first-order valence-electron chi connectivity index (χ1n) is 8.27. The fraction of sp³-hybridized carbons (Fsp3) is 0.500. The first-order chi connectivity index (χ1) is 11.7. The minimum atomic E-state index is -0.124. The second kappa shape index (κ2) is 5.22. The molecule has 2 aliphatic rings. The predicted molar refractivity (Wildman–Crippen MR) is 89.6 cm³/mol. The van der Waals surface area contributed by atoms with E-state index in [1.165, 1.54) is 16.9 Å². The number of morpholine rings is 1. The van der Waals surface area contributed by atoms with Crippen molar-refractivity contribution in [2.45, 2.75) is 26.2 Å². The van der Waals surface area contributed by atoms with Crippen molar-refractivity contribution >= 4 is 33.1 Å². The Hall–Kier alpha value is -2.06. The van der Waals surface area contributed by atoms with Crippen LogP contribution in [0.2, 0.25) is 0 Å². The average molecular weight is 343 g/mol. The van der Waals surface area contributed by atoms with Crippen LogP contribution in [0.3, 0.4) is 0 Å². The maximum absolute atomic E-state index is 12.7. The highest BCUT2D eigenvalue weighted by Gasteiger charge is 2.26. The number of rotatable bonds is 1. The molecule has 0 radical (unpaired) electrons. The lowest BCUT2D eigenvalue weighted by Gasteiger charge is -2.25. The molecule has 0 saturated carbocycles. The third-order valence-electron chi connectivity index (χ3n) is 4.79. The Balaban J connectivity index is 1.68. The second-order valence-corrected chi connectivity index (χ2v) is 7.36. The van der Waals surface area contributed by atoms with Crippen molar-refractivity contribution in [1.29, 1.82) is 0 Å². The summed E-state index contributed by atoms with van der Waals surface area (Å²) in [5.41, 5.74) is 2.12. The van der Waals surface area contributed by atoms with Crippen LogP contribution in [0.4, 0.5) is 0 Å². The number of carbonyl (C=O) groups is 1. The topological polar surface area (TPSA) is 72.6 Å². The van der Waals surface area contributed by atoms with Crippen molar-refractivity contribution in [3.8, 4) is 0 Å². The van der Waals surface area contributed by atoms with E-state index >= 15 is 0 Å². The Kier molecular flexibility index (Phi) is 3.11. The first kappa shape index (κ1) is 14.3. The summed E-state index contributed by atoms with van der Waals surface area (Å²) >= 11 is 1.76. The monoisotopic (exact) mass is 343 g/mol. The number of amides is 1. The van der Waals surface area contributed by atoms with Crippen LogP contribution in [-0.4, -0.2) is 56.7 Å². The van der Waals surface area contributed by atoms with E-state index in [1.54, 1.807) is 20.8 Å². The van der Waals surface area contributed by atoms with Crippen LogP contribution in [0.1, 0.15) is 33.3 Å². The average Bonchev–Trinajstić information content (AvgIpc) is 3.28. The van der Waals surface area contributed by atoms with Gasteiger partial charge in [0.15, 0.2) is 5.65 Å². The summed E-state index contributed by atoms with van der Waals surface area (Å²) < 4.78 is 7.04. The number of hydrogen-bond donors (Lipinski definition) is 0. The van der Waals surface area contributed by atoms with Gasteiger partial charge in [0, 0.05) is 18.0 Å².